The van der Waals surface area contributed by atoms with E-state index in [0.717, 1.165) is 21.7 Å². The molecule has 1 amide bonds. The first kappa shape index (κ1) is 15.3. The van der Waals surface area contributed by atoms with Crippen molar-refractivity contribution in [1.29, 1.82) is 0 Å². The van der Waals surface area contributed by atoms with Crippen LogP contribution in [0.4, 0.5) is 5.82 Å². The highest BCUT2D eigenvalue weighted by Crippen LogP contribution is 2.28. The summed E-state index contributed by atoms with van der Waals surface area (Å²) in [7, 11) is 0. The Balaban J connectivity index is 1.77. The normalized spacial score (nSPS) is 15.2. The van der Waals surface area contributed by atoms with Gasteiger partial charge in [0.1, 0.15) is 5.82 Å². The maximum Gasteiger partial charge on any atom is 0.225 e. The first-order valence-corrected chi connectivity index (χ1v) is 8.53. The number of aryl methyl sites for hydroxylation is 1. The molecule has 1 aromatic heterocycles. The minimum Gasteiger partial charge on any atom is -0.311 e. The van der Waals surface area contributed by atoms with E-state index >= 15 is 0 Å². The molecule has 4 nitrogen and oxygen atoms in total. The van der Waals surface area contributed by atoms with E-state index in [2.05, 4.69) is 26.3 Å². The molecule has 22 heavy (non-hydrogen) atoms. The van der Waals surface area contributed by atoms with E-state index < -0.39 is 0 Å². The molecule has 5 heteroatoms. The molecule has 0 radical (unpaired) electrons. The van der Waals surface area contributed by atoms with Gasteiger partial charge in [-0.1, -0.05) is 34.8 Å². The lowest BCUT2D eigenvalue weighted by Crippen LogP contribution is -2.17. The topological polar surface area (TPSA) is 46.9 Å². The van der Waals surface area contributed by atoms with Crippen molar-refractivity contribution in [3.05, 3.63) is 40.5 Å². The SMILES string of the molecule is Cc1cc(NC(=O)CC2CCCC2)n(-c2cccc(Br)c2)n1. The number of hydrogen-bond acceptors (Lipinski definition) is 2. The molecule has 0 saturated heterocycles. The zero-order valence-corrected chi connectivity index (χ0v) is 14.3. The van der Waals surface area contributed by atoms with Crippen LogP contribution in [0.1, 0.15) is 37.8 Å². The number of anilines is 1. The highest BCUT2D eigenvalue weighted by molar-refractivity contribution is 9.10. The Hall–Kier alpha value is -1.62. The lowest BCUT2D eigenvalue weighted by atomic mass is 10.0. The number of amides is 1. The van der Waals surface area contributed by atoms with Crippen LogP contribution in [0.25, 0.3) is 5.69 Å². The Morgan fingerprint density at radius 3 is 2.86 bits per heavy atom. The van der Waals surface area contributed by atoms with Gasteiger partial charge in [-0.2, -0.15) is 5.10 Å². The fraction of sp³-hybridized carbons (Fsp3) is 0.412. The van der Waals surface area contributed by atoms with E-state index in [4.69, 9.17) is 0 Å². The van der Waals surface area contributed by atoms with Crippen molar-refractivity contribution in [2.45, 2.75) is 39.0 Å². The fourth-order valence-corrected chi connectivity index (χ4v) is 3.45. The van der Waals surface area contributed by atoms with Gasteiger partial charge in [-0.25, -0.2) is 4.68 Å². The third kappa shape index (κ3) is 3.58. The Labute approximate surface area is 139 Å². The number of halogens is 1. The Kier molecular flexibility index (Phi) is 4.62. The van der Waals surface area contributed by atoms with Crippen molar-refractivity contribution >= 4 is 27.7 Å². The summed E-state index contributed by atoms with van der Waals surface area (Å²) in [6.45, 7) is 1.93. The van der Waals surface area contributed by atoms with Crippen molar-refractivity contribution < 1.29 is 4.79 Å². The molecule has 0 aliphatic heterocycles. The monoisotopic (exact) mass is 361 g/mol. The second kappa shape index (κ2) is 6.65. The number of benzene rings is 1. The second-order valence-electron chi connectivity index (χ2n) is 5.97. The van der Waals surface area contributed by atoms with Gasteiger partial charge in [0.15, 0.2) is 0 Å². The van der Waals surface area contributed by atoms with Crippen LogP contribution in [0, 0.1) is 12.8 Å². The van der Waals surface area contributed by atoms with Gasteiger partial charge < -0.3 is 5.32 Å². The molecular formula is C17H20BrN3O. The molecule has 0 atom stereocenters. The van der Waals surface area contributed by atoms with Gasteiger partial charge in [-0.3, -0.25) is 4.79 Å². The van der Waals surface area contributed by atoms with Gasteiger partial charge in [0.05, 0.1) is 11.4 Å². The van der Waals surface area contributed by atoms with Crippen LogP contribution >= 0.6 is 15.9 Å². The highest BCUT2D eigenvalue weighted by Gasteiger charge is 2.19. The van der Waals surface area contributed by atoms with Crippen molar-refractivity contribution in [2.75, 3.05) is 5.32 Å². The molecule has 0 unspecified atom stereocenters. The molecular weight excluding hydrogens is 342 g/mol. The van der Waals surface area contributed by atoms with Crippen LogP contribution in [0.15, 0.2) is 34.8 Å². The minimum atomic E-state index is 0.0862. The van der Waals surface area contributed by atoms with Gasteiger partial charge in [0.2, 0.25) is 5.91 Å². The number of carbonyl (C=O) groups is 1. The van der Waals surface area contributed by atoms with Gasteiger partial charge in [0.25, 0.3) is 0 Å². The summed E-state index contributed by atoms with van der Waals surface area (Å²) >= 11 is 3.47. The molecule has 1 heterocycles. The molecule has 0 bridgehead atoms. The van der Waals surface area contributed by atoms with Gasteiger partial charge in [0, 0.05) is 17.0 Å². The summed E-state index contributed by atoms with van der Waals surface area (Å²) in [6.07, 6.45) is 5.48. The molecule has 3 rings (SSSR count). The number of hydrogen-bond donors (Lipinski definition) is 1. The van der Waals surface area contributed by atoms with E-state index in [1.165, 1.54) is 25.7 Å². The van der Waals surface area contributed by atoms with Gasteiger partial charge >= 0.3 is 0 Å². The number of nitrogens with one attached hydrogen (secondary N) is 1. The fourth-order valence-electron chi connectivity index (χ4n) is 3.06. The third-order valence-electron chi connectivity index (χ3n) is 4.10. The second-order valence-corrected chi connectivity index (χ2v) is 6.88. The first-order valence-electron chi connectivity index (χ1n) is 7.74. The van der Waals surface area contributed by atoms with E-state index in [-0.39, 0.29) is 5.91 Å². The number of aromatic nitrogens is 2. The van der Waals surface area contributed by atoms with E-state index in [9.17, 15) is 4.79 Å². The Bertz CT molecular complexity index is 674. The molecule has 1 saturated carbocycles. The van der Waals surface area contributed by atoms with Crippen molar-refractivity contribution in [3.8, 4) is 5.69 Å². The molecule has 0 spiro atoms. The van der Waals surface area contributed by atoms with Crippen LogP contribution in [0.3, 0.4) is 0 Å². The molecule has 1 aromatic carbocycles. The number of rotatable bonds is 4. The van der Waals surface area contributed by atoms with Crippen molar-refractivity contribution in [3.63, 3.8) is 0 Å². The highest BCUT2D eigenvalue weighted by atomic mass is 79.9. The molecule has 116 valence electrons. The lowest BCUT2D eigenvalue weighted by Gasteiger charge is -2.11. The number of nitrogens with zero attached hydrogens (tertiary/aromatic N) is 2. The number of carbonyl (C=O) groups excluding carboxylic acids is 1. The van der Waals surface area contributed by atoms with E-state index in [0.29, 0.717) is 12.3 Å². The predicted octanol–water partition coefficient (Wildman–Crippen LogP) is 4.46. The lowest BCUT2D eigenvalue weighted by molar-refractivity contribution is -0.117. The average Bonchev–Trinajstić information content (AvgIpc) is 3.08. The standard InChI is InChI=1S/C17H20BrN3O/c1-12-9-16(19-17(22)10-13-5-2-3-6-13)21(20-12)15-8-4-7-14(18)11-15/h4,7-9,11,13H,2-3,5-6,10H2,1H3,(H,19,22). The third-order valence-corrected chi connectivity index (χ3v) is 4.59. The van der Waals surface area contributed by atoms with Crippen LogP contribution in [-0.4, -0.2) is 15.7 Å². The summed E-state index contributed by atoms with van der Waals surface area (Å²) in [5.41, 5.74) is 1.81. The minimum absolute atomic E-state index is 0.0862. The smallest absolute Gasteiger partial charge is 0.225 e. The predicted molar refractivity (Wildman–Crippen MR) is 91.2 cm³/mol. The summed E-state index contributed by atoms with van der Waals surface area (Å²) in [5.74, 6) is 1.37. The van der Waals surface area contributed by atoms with E-state index in [1.807, 2.05) is 37.3 Å². The zero-order valence-electron chi connectivity index (χ0n) is 12.7. The molecule has 2 aromatic rings. The van der Waals surface area contributed by atoms with Crippen LogP contribution < -0.4 is 5.32 Å². The van der Waals surface area contributed by atoms with Crippen LogP contribution in [0.2, 0.25) is 0 Å². The Morgan fingerprint density at radius 2 is 2.14 bits per heavy atom. The average molecular weight is 362 g/mol. The van der Waals surface area contributed by atoms with E-state index in [1.54, 1.807) is 4.68 Å². The van der Waals surface area contributed by atoms with Crippen molar-refractivity contribution in [2.24, 2.45) is 5.92 Å². The summed E-state index contributed by atoms with van der Waals surface area (Å²) in [5, 5.41) is 7.51. The van der Waals surface area contributed by atoms with Crippen LogP contribution in [-0.2, 0) is 4.79 Å². The molecule has 1 aliphatic carbocycles. The van der Waals surface area contributed by atoms with Gasteiger partial charge in [-0.05, 0) is 43.9 Å². The van der Waals surface area contributed by atoms with Crippen molar-refractivity contribution in [1.82, 2.24) is 9.78 Å². The summed E-state index contributed by atoms with van der Waals surface area (Å²) in [6, 6.07) is 9.80. The molecule has 1 fully saturated rings. The first-order chi connectivity index (χ1) is 10.6. The summed E-state index contributed by atoms with van der Waals surface area (Å²) < 4.78 is 2.77. The van der Waals surface area contributed by atoms with Crippen LogP contribution in [0.5, 0.6) is 0 Å². The quantitative estimate of drug-likeness (QED) is 0.873. The molecule has 1 aliphatic rings. The maximum atomic E-state index is 12.3. The molecule has 1 N–H and O–H groups in total. The van der Waals surface area contributed by atoms with Gasteiger partial charge in [-0.15, -0.1) is 0 Å². The largest absolute Gasteiger partial charge is 0.311 e. The zero-order chi connectivity index (χ0) is 15.5. The summed E-state index contributed by atoms with van der Waals surface area (Å²) in [4.78, 5) is 12.3. The maximum absolute atomic E-state index is 12.3. The Morgan fingerprint density at radius 1 is 1.36 bits per heavy atom.